The topological polar surface area (TPSA) is 26.3 Å². The summed E-state index contributed by atoms with van der Waals surface area (Å²) in [7, 11) is -0.0416. The molecular formula is C9H16Br2O2Si. The molecule has 0 saturated heterocycles. The molecular weight excluding hydrogens is 328 g/mol. The maximum absolute atomic E-state index is 11.0. The third kappa shape index (κ3) is 8.96. The van der Waals surface area contributed by atoms with Crippen molar-refractivity contribution in [2.45, 2.75) is 29.2 Å². The van der Waals surface area contributed by atoms with Gasteiger partial charge in [0.1, 0.15) is 0 Å². The Bertz CT molecular complexity index is 195. The van der Waals surface area contributed by atoms with Crippen molar-refractivity contribution in [2.75, 3.05) is 6.61 Å². The quantitative estimate of drug-likeness (QED) is 0.233. The van der Waals surface area contributed by atoms with Gasteiger partial charge >= 0.3 is 5.97 Å². The molecule has 0 rings (SSSR count). The van der Waals surface area contributed by atoms with Crippen LogP contribution >= 0.6 is 31.9 Å². The van der Waals surface area contributed by atoms with Crippen LogP contribution in [0.25, 0.3) is 0 Å². The summed E-state index contributed by atoms with van der Waals surface area (Å²) in [5.41, 5.74) is 0.473. The minimum atomic E-state index is -0.277. The summed E-state index contributed by atoms with van der Waals surface area (Å²) < 4.78 is 5.50. The number of ether oxygens (including phenoxy) is 1. The molecule has 0 atom stereocenters. The Morgan fingerprint density at radius 2 is 2.14 bits per heavy atom. The minimum absolute atomic E-state index is 0.0416. The molecule has 14 heavy (non-hydrogen) atoms. The first kappa shape index (κ1) is 14.4. The number of alkyl halides is 2. The van der Waals surface area contributed by atoms with Gasteiger partial charge in [-0.1, -0.05) is 50.9 Å². The van der Waals surface area contributed by atoms with Gasteiger partial charge in [0.2, 0.25) is 0 Å². The Balaban J connectivity index is 3.22. The molecule has 0 aliphatic rings. The molecule has 0 saturated carbocycles. The predicted octanol–water partition coefficient (Wildman–Crippen LogP) is 2.55. The number of hydrogen-bond acceptors (Lipinski definition) is 2. The molecule has 0 aliphatic carbocycles. The first-order chi connectivity index (χ1) is 6.54. The van der Waals surface area contributed by atoms with Crippen LogP contribution in [0, 0.1) is 0 Å². The van der Waals surface area contributed by atoms with E-state index >= 15 is 0 Å². The average molecular weight is 344 g/mol. The smallest absolute Gasteiger partial charge is 0.333 e. The summed E-state index contributed by atoms with van der Waals surface area (Å²) in [4.78, 5) is 11.0. The van der Waals surface area contributed by atoms with E-state index < -0.39 is 0 Å². The van der Waals surface area contributed by atoms with Crippen molar-refractivity contribution >= 4 is 47.3 Å². The van der Waals surface area contributed by atoms with Gasteiger partial charge in [-0.05, 0) is 13.3 Å². The van der Waals surface area contributed by atoms with Gasteiger partial charge in [0.15, 0.2) is 0 Å². The van der Waals surface area contributed by atoms with Crippen LogP contribution in [0.3, 0.4) is 0 Å². The molecule has 0 aromatic carbocycles. The average Bonchev–Trinajstić information content (AvgIpc) is 2.09. The van der Waals surface area contributed by atoms with E-state index in [9.17, 15) is 4.79 Å². The first-order valence-electron chi connectivity index (χ1n) is 4.65. The van der Waals surface area contributed by atoms with Crippen molar-refractivity contribution in [3.05, 3.63) is 12.2 Å². The van der Waals surface area contributed by atoms with Gasteiger partial charge in [-0.3, -0.25) is 0 Å². The number of rotatable bonds is 7. The Hall–Kier alpha value is 0.387. The molecule has 0 amide bonds. The molecule has 0 bridgehead atoms. The highest BCUT2D eigenvalue weighted by atomic mass is 79.9. The van der Waals surface area contributed by atoms with Gasteiger partial charge < -0.3 is 4.74 Å². The molecule has 0 unspecified atom stereocenters. The van der Waals surface area contributed by atoms with Crippen LogP contribution in [-0.2, 0) is 9.53 Å². The van der Waals surface area contributed by atoms with Gasteiger partial charge in [0.25, 0.3) is 0 Å². The van der Waals surface area contributed by atoms with Gasteiger partial charge in [-0.25, -0.2) is 4.79 Å². The monoisotopic (exact) mass is 342 g/mol. The fourth-order valence-electron chi connectivity index (χ4n) is 0.866. The maximum atomic E-state index is 11.0. The van der Waals surface area contributed by atoms with Crippen LogP contribution in [0.5, 0.6) is 0 Å². The molecule has 82 valence electrons. The molecule has 0 aromatic heterocycles. The number of halogens is 2. The molecule has 0 fully saturated rings. The minimum Gasteiger partial charge on any atom is -0.462 e. The predicted molar refractivity (Wildman–Crippen MR) is 70.0 cm³/mol. The molecule has 0 aliphatic heterocycles. The second kappa shape index (κ2) is 8.68. The lowest BCUT2D eigenvalue weighted by Gasteiger charge is -2.04. The number of esters is 1. The van der Waals surface area contributed by atoms with Crippen molar-refractivity contribution in [2.24, 2.45) is 0 Å². The van der Waals surface area contributed by atoms with E-state index in [1.807, 2.05) is 0 Å². The molecule has 0 N–H and O–H groups in total. The normalized spacial score (nSPS) is 11.1. The van der Waals surface area contributed by atoms with E-state index in [1.165, 1.54) is 6.04 Å². The van der Waals surface area contributed by atoms with Crippen LogP contribution in [0.4, 0.5) is 0 Å². The van der Waals surface area contributed by atoms with E-state index in [0.717, 1.165) is 12.8 Å². The lowest BCUT2D eigenvalue weighted by atomic mass is 10.3. The number of carbonyl (C=O) groups excluding carboxylic acids is 1. The first-order valence-corrected chi connectivity index (χ1v) is 8.29. The zero-order valence-electron chi connectivity index (χ0n) is 8.39. The lowest BCUT2D eigenvalue weighted by molar-refractivity contribution is -0.139. The molecule has 0 radical (unpaired) electrons. The molecule has 0 heterocycles. The molecule has 0 spiro atoms. The summed E-state index contributed by atoms with van der Waals surface area (Å²) in [5.74, 6) is -0.277. The van der Waals surface area contributed by atoms with Crippen molar-refractivity contribution in [3.8, 4) is 0 Å². The van der Waals surface area contributed by atoms with Gasteiger partial charge in [-0.15, -0.1) is 0 Å². The fourth-order valence-corrected chi connectivity index (χ4v) is 3.76. The molecule has 0 aromatic rings. The van der Waals surface area contributed by atoms with E-state index in [-0.39, 0.29) is 15.5 Å². The van der Waals surface area contributed by atoms with E-state index in [2.05, 4.69) is 38.4 Å². The summed E-state index contributed by atoms with van der Waals surface area (Å²) in [6.45, 7) is 5.70. The third-order valence-corrected chi connectivity index (χ3v) is 5.74. The summed E-state index contributed by atoms with van der Waals surface area (Å²) in [6, 6.07) is 1.27. The molecule has 2 nitrogen and oxygen atoms in total. The highest BCUT2D eigenvalue weighted by Gasteiger charge is 2.02. The Labute approximate surface area is 105 Å². The van der Waals surface area contributed by atoms with E-state index in [1.54, 1.807) is 6.92 Å². The Kier molecular flexibility index (Phi) is 8.92. The summed E-state index contributed by atoms with van der Waals surface area (Å²) in [5, 5.41) is 0. The standard InChI is InChI=1S/C9H16Br2O2Si/c1-7(2)8(12)13-5-3-4-6-14-9(10)11/h9H,1,3-6,14H2,2H3. The number of carbonyl (C=O) groups is 1. The van der Waals surface area contributed by atoms with Crippen LogP contribution in [0.2, 0.25) is 6.04 Å². The van der Waals surface area contributed by atoms with Crippen molar-refractivity contribution in [1.82, 2.24) is 0 Å². The second-order valence-electron chi connectivity index (χ2n) is 3.16. The van der Waals surface area contributed by atoms with Crippen LogP contribution < -0.4 is 0 Å². The SMILES string of the molecule is C=C(C)C(=O)OCCCC[SiH2]C(Br)Br. The second-order valence-corrected chi connectivity index (χ2v) is 11.1. The largest absolute Gasteiger partial charge is 0.462 e. The zero-order chi connectivity index (χ0) is 11.0. The lowest BCUT2D eigenvalue weighted by Crippen LogP contribution is -2.06. The van der Waals surface area contributed by atoms with Crippen molar-refractivity contribution < 1.29 is 9.53 Å². The Morgan fingerprint density at radius 3 is 2.64 bits per heavy atom. The van der Waals surface area contributed by atoms with Gasteiger partial charge in [0, 0.05) is 15.1 Å². The zero-order valence-corrected chi connectivity index (χ0v) is 13.0. The summed E-state index contributed by atoms with van der Waals surface area (Å²) in [6.07, 6.45) is 2.10. The number of unbranched alkanes of at least 4 members (excludes halogenated alkanes) is 1. The van der Waals surface area contributed by atoms with Crippen LogP contribution in [0.15, 0.2) is 12.2 Å². The Morgan fingerprint density at radius 1 is 1.50 bits per heavy atom. The highest BCUT2D eigenvalue weighted by molar-refractivity contribution is 9.25. The fraction of sp³-hybridized carbons (Fsp3) is 0.667. The van der Waals surface area contributed by atoms with E-state index in [0.29, 0.717) is 15.5 Å². The van der Waals surface area contributed by atoms with Gasteiger partial charge in [0.05, 0.1) is 9.97 Å². The van der Waals surface area contributed by atoms with Crippen molar-refractivity contribution in [1.29, 1.82) is 0 Å². The van der Waals surface area contributed by atoms with Gasteiger partial charge in [-0.2, -0.15) is 0 Å². The third-order valence-electron chi connectivity index (χ3n) is 1.65. The van der Waals surface area contributed by atoms with Crippen LogP contribution in [-0.4, -0.2) is 25.5 Å². The number of hydrogen-bond donors (Lipinski definition) is 0. The van der Waals surface area contributed by atoms with Crippen LogP contribution in [0.1, 0.15) is 19.8 Å². The summed E-state index contributed by atoms with van der Waals surface area (Å²) >= 11 is 6.93. The highest BCUT2D eigenvalue weighted by Crippen LogP contribution is 2.09. The van der Waals surface area contributed by atoms with Crippen molar-refractivity contribution in [3.63, 3.8) is 0 Å². The maximum Gasteiger partial charge on any atom is 0.333 e. The molecule has 5 heteroatoms. The van der Waals surface area contributed by atoms with E-state index in [4.69, 9.17) is 4.74 Å².